The molecule has 0 saturated heterocycles. The van der Waals surface area contributed by atoms with E-state index in [-0.39, 0.29) is 16.9 Å². The standard InChI is InChI=1S/C21H19F5O/c1-2-11-3-5-12(6-4-11)13-7-8-14-15-9-10-16(21(24,25)26)18(23)20(15)27-19(14)17(13)22/h7-12H,2-6H2,1H3. The Morgan fingerprint density at radius 1 is 0.889 bits per heavy atom. The van der Waals surface area contributed by atoms with Gasteiger partial charge in [0, 0.05) is 10.8 Å². The van der Waals surface area contributed by atoms with E-state index in [1.165, 1.54) is 0 Å². The zero-order chi connectivity index (χ0) is 19.3. The molecule has 1 nitrogen and oxygen atoms in total. The van der Waals surface area contributed by atoms with E-state index in [1.54, 1.807) is 12.1 Å². The Bertz CT molecular complexity index is 993. The quantitative estimate of drug-likeness (QED) is 0.417. The molecule has 3 aromatic rings. The average Bonchev–Trinajstić information content (AvgIpc) is 3.02. The van der Waals surface area contributed by atoms with Crippen molar-refractivity contribution in [2.24, 2.45) is 5.92 Å². The maximum absolute atomic E-state index is 15.1. The molecule has 0 radical (unpaired) electrons. The lowest BCUT2D eigenvalue weighted by atomic mass is 9.77. The van der Waals surface area contributed by atoms with Crippen LogP contribution < -0.4 is 0 Å². The third-order valence-electron chi connectivity index (χ3n) is 5.89. The second-order valence-corrected chi connectivity index (χ2v) is 7.37. The third kappa shape index (κ3) is 2.99. The summed E-state index contributed by atoms with van der Waals surface area (Å²) in [4.78, 5) is 0. The highest BCUT2D eigenvalue weighted by Crippen LogP contribution is 2.42. The van der Waals surface area contributed by atoms with Gasteiger partial charge < -0.3 is 4.42 Å². The highest BCUT2D eigenvalue weighted by Gasteiger charge is 2.36. The maximum Gasteiger partial charge on any atom is 0.419 e. The van der Waals surface area contributed by atoms with E-state index >= 15 is 4.39 Å². The zero-order valence-corrected chi connectivity index (χ0v) is 14.8. The molecule has 6 heteroatoms. The van der Waals surface area contributed by atoms with Crippen molar-refractivity contribution >= 4 is 21.9 Å². The van der Waals surface area contributed by atoms with Crippen molar-refractivity contribution in [3.8, 4) is 0 Å². The minimum atomic E-state index is -4.83. The van der Waals surface area contributed by atoms with Gasteiger partial charge >= 0.3 is 6.18 Å². The number of alkyl halides is 3. The van der Waals surface area contributed by atoms with Crippen LogP contribution >= 0.6 is 0 Å². The van der Waals surface area contributed by atoms with Crippen LogP contribution in [0.4, 0.5) is 22.0 Å². The van der Waals surface area contributed by atoms with Crippen molar-refractivity contribution in [1.82, 2.24) is 0 Å². The fourth-order valence-corrected chi connectivity index (χ4v) is 4.27. The van der Waals surface area contributed by atoms with Gasteiger partial charge in [-0.1, -0.05) is 19.4 Å². The van der Waals surface area contributed by atoms with Crippen LogP contribution in [0.5, 0.6) is 0 Å². The van der Waals surface area contributed by atoms with Gasteiger partial charge in [-0.3, -0.25) is 0 Å². The van der Waals surface area contributed by atoms with E-state index in [9.17, 15) is 17.6 Å². The second-order valence-electron chi connectivity index (χ2n) is 7.37. The molecule has 0 amide bonds. The lowest BCUT2D eigenvalue weighted by Crippen LogP contribution is -2.13. The molecular formula is C21H19F5O. The number of rotatable bonds is 2. The molecule has 27 heavy (non-hydrogen) atoms. The van der Waals surface area contributed by atoms with Crippen LogP contribution in [0.1, 0.15) is 56.1 Å². The molecule has 1 saturated carbocycles. The number of hydrogen-bond donors (Lipinski definition) is 0. The van der Waals surface area contributed by atoms with E-state index in [4.69, 9.17) is 4.42 Å². The minimum absolute atomic E-state index is 0.0565. The van der Waals surface area contributed by atoms with E-state index in [0.717, 1.165) is 38.2 Å². The molecule has 1 fully saturated rings. The molecule has 1 aliphatic rings. The molecule has 0 unspecified atom stereocenters. The average molecular weight is 382 g/mol. The first-order valence-electron chi connectivity index (χ1n) is 9.21. The summed E-state index contributed by atoms with van der Waals surface area (Å²) in [6.45, 7) is 2.15. The molecule has 0 bridgehead atoms. The van der Waals surface area contributed by atoms with Crippen molar-refractivity contribution in [2.45, 2.75) is 51.1 Å². The second kappa shape index (κ2) is 6.50. The number of fused-ring (bicyclic) bond motifs is 3. The molecule has 2 aromatic carbocycles. The summed E-state index contributed by atoms with van der Waals surface area (Å²) in [5.41, 5.74) is -1.62. The van der Waals surface area contributed by atoms with Gasteiger partial charge in [0.1, 0.15) is 0 Å². The van der Waals surface area contributed by atoms with Crippen molar-refractivity contribution in [2.75, 3.05) is 0 Å². The Hall–Kier alpha value is -2.11. The number of hydrogen-bond acceptors (Lipinski definition) is 1. The Morgan fingerprint density at radius 3 is 2.07 bits per heavy atom. The normalized spacial score (nSPS) is 21.3. The number of benzene rings is 2. The Morgan fingerprint density at radius 2 is 1.48 bits per heavy atom. The lowest BCUT2D eigenvalue weighted by Gasteiger charge is -2.28. The Kier molecular flexibility index (Phi) is 4.40. The highest BCUT2D eigenvalue weighted by atomic mass is 19.4. The van der Waals surface area contributed by atoms with Crippen molar-refractivity contribution in [3.63, 3.8) is 0 Å². The van der Waals surface area contributed by atoms with Gasteiger partial charge in [0.15, 0.2) is 22.8 Å². The van der Waals surface area contributed by atoms with Gasteiger partial charge in [-0.05, 0) is 61.3 Å². The number of furan rings is 1. The molecule has 0 aliphatic heterocycles. The van der Waals surface area contributed by atoms with Gasteiger partial charge in [0.2, 0.25) is 0 Å². The van der Waals surface area contributed by atoms with Crippen molar-refractivity contribution in [3.05, 3.63) is 47.0 Å². The van der Waals surface area contributed by atoms with Crippen LogP contribution in [0.3, 0.4) is 0 Å². The monoisotopic (exact) mass is 382 g/mol. The van der Waals surface area contributed by atoms with E-state index in [2.05, 4.69) is 6.92 Å². The maximum atomic E-state index is 15.1. The first-order valence-corrected chi connectivity index (χ1v) is 9.21. The highest BCUT2D eigenvalue weighted by molar-refractivity contribution is 6.05. The van der Waals surface area contributed by atoms with Gasteiger partial charge in [0.05, 0.1) is 5.56 Å². The van der Waals surface area contributed by atoms with Gasteiger partial charge in [-0.2, -0.15) is 13.2 Å². The number of halogens is 5. The molecule has 0 atom stereocenters. The molecule has 1 heterocycles. The van der Waals surface area contributed by atoms with Crippen LogP contribution in [0, 0.1) is 17.6 Å². The van der Waals surface area contributed by atoms with Crippen LogP contribution in [0.25, 0.3) is 21.9 Å². The van der Waals surface area contributed by atoms with Gasteiger partial charge in [-0.25, -0.2) is 8.78 Å². The molecule has 1 aliphatic carbocycles. The predicted octanol–water partition coefficient (Wildman–Crippen LogP) is 7.57. The first-order chi connectivity index (χ1) is 12.8. The van der Waals surface area contributed by atoms with E-state index in [0.29, 0.717) is 22.9 Å². The third-order valence-corrected chi connectivity index (χ3v) is 5.89. The largest absolute Gasteiger partial charge is 0.450 e. The summed E-state index contributed by atoms with van der Waals surface area (Å²) in [7, 11) is 0. The lowest BCUT2D eigenvalue weighted by molar-refractivity contribution is -0.139. The van der Waals surface area contributed by atoms with Crippen molar-refractivity contribution < 1.29 is 26.4 Å². The van der Waals surface area contributed by atoms with Crippen LogP contribution in [-0.2, 0) is 6.18 Å². The zero-order valence-electron chi connectivity index (χ0n) is 14.8. The Balaban J connectivity index is 1.81. The molecule has 1 aromatic heterocycles. The SMILES string of the molecule is CCC1CCC(c2ccc3c(oc4c(F)c(C(F)(F)F)ccc43)c2F)CC1. The summed E-state index contributed by atoms with van der Waals surface area (Å²) in [5.74, 6) is -1.37. The first kappa shape index (κ1) is 18.3. The molecule has 0 spiro atoms. The summed E-state index contributed by atoms with van der Waals surface area (Å²) in [6, 6.07) is 5.10. The molecular weight excluding hydrogens is 363 g/mol. The topological polar surface area (TPSA) is 13.1 Å². The molecule has 144 valence electrons. The smallest absolute Gasteiger partial charge is 0.419 e. The van der Waals surface area contributed by atoms with Crippen molar-refractivity contribution in [1.29, 1.82) is 0 Å². The summed E-state index contributed by atoms with van der Waals surface area (Å²) < 4.78 is 73.5. The Labute approximate surface area is 153 Å². The fraction of sp³-hybridized carbons (Fsp3) is 0.429. The summed E-state index contributed by atoms with van der Waals surface area (Å²) >= 11 is 0. The fourth-order valence-electron chi connectivity index (χ4n) is 4.27. The molecule has 4 rings (SSSR count). The summed E-state index contributed by atoms with van der Waals surface area (Å²) in [5, 5.41) is 0.441. The minimum Gasteiger partial charge on any atom is -0.450 e. The van der Waals surface area contributed by atoms with Crippen LogP contribution in [0.2, 0.25) is 0 Å². The van der Waals surface area contributed by atoms with Gasteiger partial charge in [-0.15, -0.1) is 0 Å². The van der Waals surface area contributed by atoms with E-state index in [1.807, 2.05) is 0 Å². The van der Waals surface area contributed by atoms with Crippen LogP contribution in [0.15, 0.2) is 28.7 Å². The summed E-state index contributed by atoms with van der Waals surface area (Å²) in [6.07, 6.45) is 0.0731. The molecule has 0 N–H and O–H groups in total. The van der Waals surface area contributed by atoms with E-state index < -0.39 is 29.0 Å². The van der Waals surface area contributed by atoms with Crippen LogP contribution in [-0.4, -0.2) is 0 Å². The predicted molar refractivity (Wildman–Crippen MR) is 93.6 cm³/mol. The van der Waals surface area contributed by atoms with Gasteiger partial charge in [0.25, 0.3) is 0 Å².